The Balaban J connectivity index is 2.13. The van der Waals surface area contributed by atoms with Gasteiger partial charge in [0, 0.05) is 12.5 Å². The fraction of sp³-hybridized carbons (Fsp3) is 0.500. The topological polar surface area (TPSA) is 21.3 Å². The minimum absolute atomic E-state index is 0.551. The van der Waals surface area contributed by atoms with Crippen molar-refractivity contribution in [2.75, 3.05) is 13.2 Å². The maximum absolute atomic E-state index is 5.10. The second kappa shape index (κ2) is 2.56. The summed E-state index contributed by atoms with van der Waals surface area (Å²) in [7, 11) is 0. The molecule has 10 heavy (non-hydrogen) atoms. The van der Waals surface area contributed by atoms with Gasteiger partial charge < -0.3 is 4.84 Å². The van der Waals surface area contributed by atoms with E-state index in [0.717, 1.165) is 19.6 Å². The molecule has 0 saturated carbocycles. The Morgan fingerprint density at radius 2 is 2.60 bits per heavy atom. The van der Waals surface area contributed by atoms with Crippen LogP contribution in [0.15, 0.2) is 23.8 Å². The number of rotatable bonds is 0. The third-order valence-electron chi connectivity index (χ3n) is 2.00. The zero-order valence-electron chi connectivity index (χ0n) is 5.84. The molecule has 0 aromatic rings. The quantitative estimate of drug-likeness (QED) is 0.503. The Kier molecular flexibility index (Phi) is 1.57. The summed E-state index contributed by atoms with van der Waals surface area (Å²) in [5.41, 5.74) is 4.36. The molecule has 1 aliphatic heterocycles. The normalized spacial score (nSPS) is 31.2. The number of hydroxylamine groups is 1. The van der Waals surface area contributed by atoms with E-state index in [0.29, 0.717) is 5.92 Å². The van der Waals surface area contributed by atoms with Gasteiger partial charge in [-0.05, 0) is 12.0 Å². The second-order valence-electron chi connectivity index (χ2n) is 2.68. The molecule has 54 valence electrons. The lowest BCUT2D eigenvalue weighted by atomic mass is 9.93. The van der Waals surface area contributed by atoms with Gasteiger partial charge in [0.2, 0.25) is 0 Å². The molecule has 0 radical (unpaired) electrons. The van der Waals surface area contributed by atoms with E-state index in [9.17, 15) is 0 Å². The van der Waals surface area contributed by atoms with Crippen LogP contribution < -0.4 is 5.48 Å². The van der Waals surface area contributed by atoms with Crippen LogP contribution in [0.25, 0.3) is 0 Å². The molecule has 0 bridgehead atoms. The minimum Gasteiger partial charge on any atom is -0.301 e. The third kappa shape index (κ3) is 1.00. The predicted octanol–water partition coefficient (Wildman–Crippen LogP) is 1.02. The van der Waals surface area contributed by atoms with Crippen LogP contribution in [-0.4, -0.2) is 13.2 Å². The van der Waals surface area contributed by atoms with Crippen molar-refractivity contribution in [1.82, 2.24) is 5.48 Å². The van der Waals surface area contributed by atoms with Crippen molar-refractivity contribution < 1.29 is 4.84 Å². The first-order valence-electron chi connectivity index (χ1n) is 3.67. The van der Waals surface area contributed by atoms with Gasteiger partial charge in [0.1, 0.15) is 0 Å². The maximum Gasteiger partial charge on any atom is 0.0782 e. The average Bonchev–Trinajstić information content (AvgIpc) is 2.05. The Morgan fingerprint density at radius 1 is 1.60 bits per heavy atom. The van der Waals surface area contributed by atoms with Gasteiger partial charge in [-0.1, -0.05) is 18.2 Å². The first kappa shape index (κ1) is 6.13. The molecule has 0 spiro atoms. The number of fused-ring (bicyclic) bond motifs is 1. The number of nitrogens with one attached hydrogen (secondary N) is 1. The Bertz CT molecular complexity index is 184. The van der Waals surface area contributed by atoms with Crippen molar-refractivity contribution >= 4 is 0 Å². The van der Waals surface area contributed by atoms with Crippen LogP contribution in [0.2, 0.25) is 0 Å². The van der Waals surface area contributed by atoms with Crippen LogP contribution in [0.5, 0.6) is 0 Å². The monoisotopic (exact) mass is 137 g/mol. The van der Waals surface area contributed by atoms with Crippen molar-refractivity contribution in [1.29, 1.82) is 0 Å². The molecule has 0 amide bonds. The lowest BCUT2D eigenvalue weighted by Gasteiger charge is -2.25. The summed E-state index contributed by atoms with van der Waals surface area (Å²) in [6.45, 7) is 1.69. The van der Waals surface area contributed by atoms with Gasteiger partial charge >= 0.3 is 0 Å². The van der Waals surface area contributed by atoms with E-state index in [4.69, 9.17) is 4.84 Å². The highest BCUT2D eigenvalue weighted by molar-refractivity contribution is 5.21. The van der Waals surface area contributed by atoms with Crippen molar-refractivity contribution in [2.45, 2.75) is 6.42 Å². The van der Waals surface area contributed by atoms with Gasteiger partial charge in [0.05, 0.1) is 6.61 Å². The molecule has 0 aromatic carbocycles. The largest absolute Gasteiger partial charge is 0.301 e. The molecule has 2 heteroatoms. The number of hydrogen-bond donors (Lipinski definition) is 1. The second-order valence-corrected chi connectivity index (χ2v) is 2.68. The molecule has 1 aliphatic carbocycles. The molecule has 2 rings (SSSR count). The molecule has 1 N–H and O–H groups in total. The Labute approximate surface area is 60.5 Å². The minimum atomic E-state index is 0.551. The van der Waals surface area contributed by atoms with Crippen molar-refractivity contribution in [3.63, 3.8) is 0 Å². The summed E-state index contributed by atoms with van der Waals surface area (Å²) in [5, 5.41) is 0. The van der Waals surface area contributed by atoms with E-state index < -0.39 is 0 Å². The first-order valence-corrected chi connectivity index (χ1v) is 3.67. The van der Waals surface area contributed by atoms with Crippen molar-refractivity contribution in [3.8, 4) is 0 Å². The molecule has 1 atom stereocenters. The fourth-order valence-corrected chi connectivity index (χ4v) is 1.39. The highest BCUT2D eigenvalue weighted by atomic mass is 16.6. The molecular formula is C8H11NO. The smallest absolute Gasteiger partial charge is 0.0782 e. The van der Waals surface area contributed by atoms with E-state index in [1.165, 1.54) is 5.57 Å². The molecule has 1 unspecified atom stereocenters. The average molecular weight is 137 g/mol. The Hall–Kier alpha value is -0.600. The zero-order valence-corrected chi connectivity index (χ0v) is 5.84. The molecular weight excluding hydrogens is 126 g/mol. The van der Waals surface area contributed by atoms with Gasteiger partial charge in [-0.3, -0.25) is 0 Å². The first-order chi connectivity index (χ1) is 4.97. The van der Waals surface area contributed by atoms with Crippen LogP contribution in [0.4, 0.5) is 0 Å². The summed E-state index contributed by atoms with van der Waals surface area (Å²) in [5.74, 6) is 0.551. The molecule has 1 saturated heterocycles. The number of allylic oxidation sites excluding steroid dienone is 2. The van der Waals surface area contributed by atoms with Gasteiger partial charge in [-0.15, -0.1) is 0 Å². The van der Waals surface area contributed by atoms with Gasteiger partial charge in [0.25, 0.3) is 0 Å². The summed E-state index contributed by atoms with van der Waals surface area (Å²) in [6.07, 6.45) is 7.80. The Morgan fingerprint density at radius 3 is 3.50 bits per heavy atom. The van der Waals surface area contributed by atoms with E-state index >= 15 is 0 Å². The van der Waals surface area contributed by atoms with Gasteiger partial charge in [-0.25, -0.2) is 0 Å². The lowest BCUT2D eigenvalue weighted by Crippen LogP contribution is -2.32. The van der Waals surface area contributed by atoms with Gasteiger partial charge in [0.15, 0.2) is 0 Å². The zero-order chi connectivity index (χ0) is 6.81. The standard InChI is InChI=1S/C8H11NO/c1-2-4-8-6-10-9-5-7(8)3-1/h2-4,8-9H,1,5-6H2. The highest BCUT2D eigenvalue weighted by Gasteiger charge is 2.17. The fourth-order valence-electron chi connectivity index (χ4n) is 1.39. The molecule has 2 aliphatic rings. The summed E-state index contributed by atoms with van der Waals surface area (Å²) < 4.78 is 0. The van der Waals surface area contributed by atoms with Crippen LogP contribution in [-0.2, 0) is 4.84 Å². The number of hydrogen-bond acceptors (Lipinski definition) is 2. The van der Waals surface area contributed by atoms with Crippen molar-refractivity contribution in [2.24, 2.45) is 5.92 Å². The lowest BCUT2D eigenvalue weighted by molar-refractivity contribution is 0.0141. The van der Waals surface area contributed by atoms with Crippen molar-refractivity contribution in [3.05, 3.63) is 23.8 Å². The van der Waals surface area contributed by atoms with Crippen LogP contribution in [0.3, 0.4) is 0 Å². The van der Waals surface area contributed by atoms with Crippen LogP contribution in [0.1, 0.15) is 6.42 Å². The molecule has 0 aromatic heterocycles. The van der Waals surface area contributed by atoms with E-state index in [1.807, 2.05) is 0 Å². The predicted molar refractivity (Wildman–Crippen MR) is 39.3 cm³/mol. The summed E-state index contributed by atoms with van der Waals surface area (Å²) in [4.78, 5) is 5.10. The SMILES string of the molecule is C1=CC2CONCC2=CC1. The van der Waals surface area contributed by atoms with E-state index in [2.05, 4.69) is 23.7 Å². The molecule has 1 fully saturated rings. The van der Waals surface area contributed by atoms with Crippen LogP contribution >= 0.6 is 0 Å². The van der Waals surface area contributed by atoms with E-state index in [1.54, 1.807) is 0 Å². The van der Waals surface area contributed by atoms with Crippen LogP contribution in [0, 0.1) is 5.92 Å². The summed E-state index contributed by atoms with van der Waals surface area (Å²) in [6, 6.07) is 0. The summed E-state index contributed by atoms with van der Waals surface area (Å²) >= 11 is 0. The molecule has 1 heterocycles. The van der Waals surface area contributed by atoms with Gasteiger partial charge in [-0.2, -0.15) is 5.48 Å². The third-order valence-corrected chi connectivity index (χ3v) is 2.00. The molecule has 2 nitrogen and oxygen atoms in total. The maximum atomic E-state index is 5.10. The van der Waals surface area contributed by atoms with E-state index in [-0.39, 0.29) is 0 Å². The highest BCUT2D eigenvalue weighted by Crippen LogP contribution is 2.20.